The molecule has 1 saturated carbocycles. The Morgan fingerprint density at radius 2 is 2.38 bits per heavy atom. The number of nitrogen functional groups attached to an aromatic ring is 1. The van der Waals surface area contributed by atoms with Gasteiger partial charge < -0.3 is 11.1 Å². The fourth-order valence-corrected chi connectivity index (χ4v) is 1.19. The summed E-state index contributed by atoms with van der Waals surface area (Å²) in [5, 5.41) is 3.19. The summed E-state index contributed by atoms with van der Waals surface area (Å²) in [6.45, 7) is 0.482. The van der Waals surface area contributed by atoms with Crippen molar-refractivity contribution in [3.8, 4) is 0 Å². The van der Waals surface area contributed by atoms with Crippen LogP contribution >= 0.6 is 0 Å². The molecule has 0 amide bonds. The van der Waals surface area contributed by atoms with Gasteiger partial charge >= 0.3 is 0 Å². The zero-order chi connectivity index (χ0) is 9.26. The van der Waals surface area contributed by atoms with Crippen LogP contribution in [0.3, 0.4) is 0 Å². The lowest BCUT2D eigenvalue weighted by Gasteiger charge is -2.06. The molecule has 1 aromatic rings. The molecule has 0 radical (unpaired) electrons. The molecule has 0 spiro atoms. The average molecular weight is 181 g/mol. The summed E-state index contributed by atoms with van der Waals surface area (Å²) < 4.78 is 13.2. The van der Waals surface area contributed by atoms with E-state index in [1.807, 2.05) is 0 Å². The van der Waals surface area contributed by atoms with E-state index in [0.717, 1.165) is 0 Å². The SMILES string of the molecule is Nc1nccc(F)c1CNC1CC1. The van der Waals surface area contributed by atoms with Gasteiger partial charge in [0.05, 0.1) is 0 Å². The molecule has 1 aliphatic carbocycles. The zero-order valence-corrected chi connectivity index (χ0v) is 7.26. The van der Waals surface area contributed by atoms with Gasteiger partial charge in [-0.15, -0.1) is 0 Å². The van der Waals surface area contributed by atoms with E-state index in [2.05, 4.69) is 10.3 Å². The van der Waals surface area contributed by atoms with Crippen LogP contribution in [0, 0.1) is 5.82 Å². The van der Waals surface area contributed by atoms with Gasteiger partial charge in [-0.05, 0) is 18.9 Å². The van der Waals surface area contributed by atoms with Crippen LogP contribution in [0.4, 0.5) is 10.2 Å². The molecule has 0 atom stereocenters. The molecule has 3 nitrogen and oxygen atoms in total. The molecular weight excluding hydrogens is 169 g/mol. The van der Waals surface area contributed by atoms with Crippen LogP contribution in [0.5, 0.6) is 0 Å². The van der Waals surface area contributed by atoms with Crippen molar-refractivity contribution in [3.05, 3.63) is 23.6 Å². The number of hydrogen-bond acceptors (Lipinski definition) is 3. The van der Waals surface area contributed by atoms with Gasteiger partial charge in [-0.3, -0.25) is 0 Å². The largest absolute Gasteiger partial charge is 0.383 e. The van der Waals surface area contributed by atoms with Gasteiger partial charge in [0.2, 0.25) is 0 Å². The van der Waals surface area contributed by atoms with E-state index in [4.69, 9.17) is 5.73 Å². The summed E-state index contributed by atoms with van der Waals surface area (Å²) in [4.78, 5) is 3.84. The number of rotatable bonds is 3. The first-order chi connectivity index (χ1) is 6.27. The van der Waals surface area contributed by atoms with E-state index >= 15 is 0 Å². The Morgan fingerprint density at radius 1 is 1.62 bits per heavy atom. The van der Waals surface area contributed by atoms with Gasteiger partial charge in [0.15, 0.2) is 0 Å². The number of anilines is 1. The third-order valence-electron chi connectivity index (χ3n) is 2.18. The Bertz CT molecular complexity index is 289. The van der Waals surface area contributed by atoms with Crippen molar-refractivity contribution in [1.82, 2.24) is 10.3 Å². The van der Waals surface area contributed by atoms with Gasteiger partial charge in [0, 0.05) is 24.3 Å². The van der Waals surface area contributed by atoms with Crippen LogP contribution in [-0.2, 0) is 6.54 Å². The second-order valence-electron chi connectivity index (χ2n) is 3.31. The molecule has 1 heterocycles. The minimum atomic E-state index is -0.277. The lowest BCUT2D eigenvalue weighted by Crippen LogP contribution is -2.17. The van der Waals surface area contributed by atoms with Crippen LogP contribution in [0.15, 0.2) is 12.3 Å². The Kier molecular flexibility index (Phi) is 2.14. The molecule has 4 heteroatoms. The fraction of sp³-hybridized carbons (Fsp3) is 0.444. The van der Waals surface area contributed by atoms with Gasteiger partial charge in [0.1, 0.15) is 11.6 Å². The van der Waals surface area contributed by atoms with Crippen LogP contribution < -0.4 is 11.1 Å². The van der Waals surface area contributed by atoms with Crippen molar-refractivity contribution < 1.29 is 4.39 Å². The fourth-order valence-electron chi connectivity index (χ4n) is 1.19. The van der Waals surface area contributed by atoms with Gasteiger partial charge in [-0.2, -0.15) is 0 Å². The maximum atomic E-state index is 13.2. The van der Waals surface area contributed by atoms with Crippen molar-refractivity contribution in [2.75, 3.05) is 5.73 Å². The van der Waals surface area contributed by atoms with Crippen LogP contribution in [-0.4, -0.2) is 11.0 Å². The number of nitrogens with one attached hydrogen (secondary N) is 1. The molecular formula is C9H12FN3. The van der Waals surface area contributed by atoms with Crippen molar-refractivity contribution in [3.63, 3.8) is 0 Å². The summed E-state index contributed by atoms with van der Waals surface area (Å²) in [5.41, 5.74) is 6.02. The van der Waals surface area contributed by atoms with Crippen LogP contribution in [0.2, 0.25) is 0 Å². The predicted molar refractivity (Wildman–Crippen MR) is 48.5 cm³/mol. The number of nitrogens with two attached hydrogens (primary N) is 1. The minimum absolute atomic E-state index is 0.277. The number of halogens is 1. The maximum Gasteiger partial charge on any atom is 0.132 e. The lowest BCUT2D eigenvalue weighted by molar-refractivity contribution is 0.586. The molecule has 0 aromatic carbocycles. The van der Waals surface area contributed by atoms with Gasteiger partial charge in [-0.1, -0.05) is 0 Å². The first-order valence-electron chi connectivity index (χ1n) is 4.39. The maximum absolute atomic E-state index is 13.2. The summed E-state index contributed by atoms with van der Waals surface area (Å²) in [6.07, 6.45) is 3.74. The van der Waals surface area contributed by atoms with E-state index in [9.17, 15) is 4.39 Å². The quantitative estimate of drug-likeness (QED) is 0.733. The number of nitrogens with zero attached hydrogens (tertiary/aromatic N) is 1. The predicted octanol–water partition coefficient (Wildman–Crippen LogP) is 1.05. The minimum Gasteiger partial charge on any atom is -0.383 e. The molecule has 0 aliphatic heterocycles. The molecule has 1 aromatic heterocycles. The highest BCUT2D eigenvalue weighted by molar-refractivity contribution is 5.39. The second-order valence-corrected chi connectivity index (χ2v) is 3.31. The Hall–Kier alpha value is -1.16. The van der Waals surface area contributed by atoms with Crippen molar-refractivity contribution in [2.45, 2.75) is 25.4 Å². The van der Waals surface area contributed by atoms with Crippen LogP contribution in [0.25, 0.3) is 0 Å². The third kappa shape index (κ3) is 1.95. The van der Waals surface area contributed by atoms with Crippen molar-refractivity contribution in [1.29, 1.82) is 0 Å². The Labute approximate surface area is 76.2 Å². The zero-order valence-electron chi connectivity index (χ0n) is 7.26. The highest BCUT2D eigenvalue weighted by atomic mass is 19.1. The lowest BCUT2D eigenvalue weighted by atomic mass is 10.2. The smallest absolute Gasteiger partial charge is 0.132 e. The first kappa shape index (κ1) is 8.44. The number of pyridine rings is 1. The van der Waals surface area contributed by atoms with Crippen LogP contribution in [0.1, 0.15) is 18.4 Å². The molecule has 0 bridgehead atoms. The van der Waals surface area contributed by atoms with Gasteiger partial charge in [-0.25, -0.2) is 9.37 Å². The second kappa shape index (κ2) is 3.30. The Balaban J connectivity index is 2.07. The molecule has 70 valence electrons. The van der Waals surface area contributed by atoms with Gasteiger partial charge in [0.25, 0.3) is 0 Å². The van der Waals surface area contributed by atoms with E-state index in [1.54, 1.807) is 0 Å². The first-order valence-corrected chi connectivity index (χ1v) is 4.39. The molecule has 0 unspecified atom stereocenters. The number of hydrogen-bond donors (Lipinski definition) is 2. The normalized spacial score (nSPS) is 16.1. The van der Waals surface area contributed by atoms with E-state index in [-0.39, 0.29) is 11.6 Å². The van der Waals surface area contributed by atoms with E-state index in [0.29, 0.717) is 18.2 Å². The highest BCUT2D eigenvalue weighted by Gasteiger charge is 2.21. The topological polar surface area (TPSA) is 50.9 Å². The van der Waals surface area contributed by atoms with E-state index < -0.39 is 0 Å². The monoisotopic (exact) mass is 181 g/mol. The summed E-state index contributed by atoms with van der Waals surface area (Å²) in [6, 6.07) is 1.89. The Morgan fingerprint density at radius 3 is 3.00 bits per heavy atom. The molecule has 1 fully saturated rings. The summed E-state index contributed by atoms with van der Waals surface area (Å²) in [5.74, 6) is 0.00815. The third-order valence-corrected chi connectivity index (χ3v) is 2.18. The number of aromatic nitrogens is 1. The highest BCUT2D eigenvalue weighted by Crippen LogP contribution is 2.20. The van der Waals surface area contributed by atoms with Crippen molar-refractivity contribution >= 4 is 5.82 Å². The van der Waals surface area contributed by atoms with E-state index in [1.165, 1.54) is 25.1 Å². The van der Waals surface area contributed by atoms with Crippen molar-refractivity contribution in [2.24, 2.45) is 0 Å². The molecule has 2 rings (SSSR count). The molecule has 1 aliphatic rings. The molecule has 3 N–H and O–H groups in total. The molecule has 0 saturated heterocycles. The summed E-state index contributed by atoms with van der Waals surface area (Å²) in [7, 11) is 0. The summed E-state index contributed by atoms with van der Waals surface area (Å²) >= 11 is 0. The average Bonchev–Trinajstić information content (AvgIpc) is 2.87. The standard InChI is InChI=1S/C9H12FN3/c10-8-3-4-12-9(11)7(8)5-13-6-1-2-6/h3-4,6,13H,1-2,5H2,(H2,11,12). The molecule has 13 heavy (non-hydrogen) atoms.